The Morgan fingerprint density at radius 1 is 1.23 bits per heavy atom. The second kappa shape index (κ2) is 7.56. The van der Waals surface area contributed by atoms with E-state index >= 15 is 0 Å². The minimum atomic E-state index is -5.06. The normalized spacial score (nSPS) is 28.0. The number of hydrogen-bond donors (Lipinski definition) is 2. The quantitative estimate of drug-likeness (QED) is 0.681. The number of nitrogens with one attached hydrogen (secondary N) is 1. The van der Waals surface area contributed by atoms with Gasteiger partial charge in [0.15, 0.2) is 0 Å². The average molecular weight is 455 g/mol. The van der Waals surface area contributed by atoms with Gasteiger partial charge < -0.3 is 16.0 Å². The Balaban J connectivity index is 2.13. The summed E-state index contributed by atoms with van der Waals surface area (Å²) >= 11 is 0. The fraction of sp³-hybridized carbons (Fsp3) is 0.579. The number of halogens is 7. The summed E-state index contributed by atoms with van der Waals surface area (Å²) in [6.45, 7) is 1.21. The number of nitrogens with zero attached hydrogens (tertiary/aromatic N) is 1. The third-order valence-electron chi connectivity index (χ3n) is 6.28. The molecule has 1 aromatic rings. The molecular formula is C19H20F7N3O2. The van der Waals surface area contributed by atoms with E-state index in [0.717, 1.165) is 11.0 Å². The summed E-state index contributed by atoms with van der Waals surface area (Å²) in [6, 6.07) is 1.02. The summed E-state index contributed by atoms with van der Waals surface area (Å²) in [6.07, 6.45) is -10.4. The van der Waals surface area contributed by atoms with Gasteiger partial charge in [0.25, 0.3) is 0 Å². The van der Waals surface area contributed by atoms with Crippen molar-refractivity contribution < 1.29 is 40.3 Å². The van der Waals surface area contributed by atoms with Crippen molar-refractivity contribution in [1.82, 2.24) is 10.2 Å². The highest BCUT2D eigenvalue weighted by Gasteiger charge is 2.58. The number of hydrogen-bond acceptors (Lipinski definition) is 2. The first-order valence-electron chi connectivity index (χ1n) is 9.46. The summed E-state index contributed by atoms with van der Waals surface area (Å²) in [5.74, 6) is -6.13. The Morgan fingerprint density at radius 3 is 2.35 bits per heavy atom. The van der Waals surface area contributed by atoms with Gasteiger partial charge in [-0.25, -0.2) is 9.18 Å². The molecule has 0 radical (unpaired) electrons. The summed E-state index contributed by atoms with van der Waals surface area (Å²) in [4.78, 5) is 25.8. The van der Waals surface area contributed by atoms with Crippen molar-refractivity contribution in [2.24, 2.45) is 17.6 Å². The van der Waals surface area contributed by atoms with E-state index in [1.807, 2.05) is 0 Å². The highest BCUT2D eigenvalue weighted by atomic mass is 19.4. The minimum Gasteiger partial charge on any atom is -0.352 e. The van der Waals surface area contributed by atoms with Crippen LogP contribution in [0.15, 0.2) is 18.2 Å². The molecule has 1 saturated heterocycles. The first-order valence-corrected chi connectivity index (χ1v) is 9.46. The van der Waals surface area contributed by atoms with E-state index in [-0.39, 0.29) is 18.7 Å². The number of amides is 3. The number of nitrogens with two attached hydrogens (primary N) is 1. The summed E-state index contributed by atoms with van der Waals surface area (Å²) < 4.78 is 92.9. The van der Waals surface area contributed by atoms with E-state index in [1.54, 1.807) is 0 Å². The van der Waals surface area contributed by atoms with Crippen molar-refractivity contribution in [3.8, 4) is 0 Å². The van der Waals surface area contributed by atoms with Gasteiger partial charge in [-0.3, -0.25) is 4.79 Å². The number of rotatable bonds is 3. The molecule has 2 fully saturated rings. The van der Waals surface area contributed by atoms with Gasteiger partial charge in [-0.1, -0.05) is 6.07 Å². The largest absolute Gasteiger partial charge is 0.419 e. The van der Waals surface area contributed by atoms with Gasteiger partial charge in [0, 0.05) is 19.0 Å². The minimum absolute atomic E-state index is 0.0249. The third kappa shape index (κ3) is 4.03. The number of carbonyl (C=O) groups excluding carboxylic acids is 2. The molecule has 1 aliphatic heterocycles. The second-order valence-electron chi connectivity index (χ2n) is 8.08. The average Bonchev–Trinajstić information content (AvgIpc) is 2.58. The highest BCUT2D eigenvalue weighted by molar-refractivity contribution is 5.92. The first kappa shape index (κ1) is 23.1. The lowest BCUT2D eigenvalue weighted by Crippen LogP contribution is -2.69. The zero-order valence-electron chi connectivity index (χ0n) is 16.3. The fourth-order valence-corrected chi connectivity index (χ4v) is 4.67. The van der Waals surface area contributed by atoms with Crippen LogP contribution in [0.2, 0.25) is 0 Å². The molecule has 1 aliphatic carbocycles. The Labute approximate surface area is 172 Å². The number of benzene rings is 1. The number of carbonyl (C=O) groups is 2. The van der Waals surface area contributed by atoms with Gasteiger partial charge in [-0.05, 0) is 43.4 Å². The van der Waals surface area contributed by atoms with Crippen LogP contribution in [0.1, 0.15) is 36.8 Å². The Bertz CT molecular complexity index is 880. The van der Waals surface area contributed by atoms with Crippen LogP contribution in [0.25, 0.3) is 0 Å². The van der Waals surface area contributed by atoms with Gasteiger partial charge in [-0.15, -0.1) is 0 Å². The molecule has 31 heavy (non-hydrogen) atoms. The molecule has 2 aliphatic rings. The topological polar surface area (TPSA) is 75.4 Å². The summed E-state index contributed by atoms with van der Waals surface area (Å²) in [5, 5.41) is 2.50. The summed E-state index contributed by atoms with van der Waals surface area (Å²) in [5.41, 5.74) is 1.74. The highest BCUT2D eigenvalue weighted by Crippen LogP contribution is 2.55. The van der Waals surface area contributed by atoms with E-state index < -0.39 is 71.8 Å². The van der Waals surface area contributed by atoms with Crippen LogP contribution >= 0.6 is 0 Å². The van der Waals surface area contributed by atoms with Crippen molar-refractivity contribution in [1.29, 1.82) is 0 Å². The zero-order chi connectivity index (χ0) is 23.4. The van der Waals surface area contributed by atoms with E-state index in [1.165, 1.54) is 6.92 Å². The van der Waals surface area contributed by atoms with Gasteiger partial charge in [0.05, 0.1) is 11.5 Å². The third-order valence-corrected chi connectivity index (χ3v) is 6.28. The van der Waals surface area contributed by atoms with Crippen LogP contribution in [0, 0.1) is 17.7 Å². The van der Waals surface area contributed by atoms with Crippen LogP contribution in [-0.4, -0.2) is 41.6 Å². The molecule has 172 valence electrons. The van der Waals surface area contributed by atoms with Gasteiger partial charge in [0.2, 0.25) is 5.91 Å². The number of urea groups is 1. The molecule has 5 nitrogen and oxygen atoms in total. The number of alkyl halides is 6. The molecular weight excluding hydrogens is 435 g/mol. The predicted molar refractivity (Wildman–Crippen MR) is 94.1 cm³/mol. The van der Waals surface area contributed by atoms with Crippen molar-refractivity contribution in [2.75, 3.05) is 13.1 Å². The predicted octanol–water partition coefficient (Wildman–Crippen LogP) is 3.79. The zero-order valence-corrected chi connectivity index (χ0v) is 16.3. The van der Waals surface area contributed by atoms with Gasteiger partial charge in [-0.2, -0.15) is 26.3 Å². The van der Waals surface area contributed by atoms with Crippen molar-refractivity contribution in [3.63, 3.8) is 0 Å². The molecule has 3 N–H and O–H groups in total. The van der Waals surface area contributed by atoms with Gasteiger partial charge >= 0.3 is 18.4 Å². The van der Waals surface area contributed by atoms with Crippen LogP contribution in [0.5, 0.6) is 0 Å². The molecule has 1 heterocycles. The number of piperazine rings is 1. The van der Waals surface area contributed by atoms with E-state index in [9.17, 15) is 40.3 Å². The molecule has 3 amide bonds. The smallest absolute Gasteiger partial charge is 0.352 e. The molecule has 2 atom stereocenters. The van der Waals surface area contributed by atoms with E-state index in [4.69, 9.17) is 5.73 Å². The maximum Gasteiger partial charge on any atom is 0.419 e. The van der Waals surface area contributed by atoms with Crippen molar-refractivity contribution >= 4 is 11.9 Å². The molecule has 1 saturated carbocycles. The second-order valence-corrected chi connectivity index (χ2v) is 8.08. The van der Waals surface area contributed by atoms with Crippen molar-refractivity contribution in [2.45, 2.75) is 43.6 Å². The lowest BCUT2D eigenvalue weighted by Gasteiger charge is -2.53. The van der Waals surface area contributed by atoms with Gasteiger partial charge in [0.1, 0.15) is 11.4 Å². The Kier molecular flexibility index (Phi) is 5.64. The molecule has 1 unspecified atom stereocenters. The Morgan fingerprint density at radius 2 is 1.84 bits per heavy atom. The Hall–Kier alpha value is -2.53. The van der Waals surface area contributed by atoms with Crippen LogP contribution in [-0.2, 0) is 11.0 Å². The molecule has 3 rings (SSSR count). The number of primary amides is 1. The molecule has 0 aromatic heterocycles. The fourth-order valence-electron chi connectivity index (χ4n) is 4.67. The SMILES string of the molecule is CC1([C@H](c2ccc(F)c(C(F)(F)F)c2)C2CC(C(F)(F)F)C2)C(=O)NCCN1C(N)=O. The molecule has 1 aromatic carbocycles. The molecule has 12 heteroatoms. The standard InChI is InChI=1S/C19H20F7N3O2/c1-17(15(30)28-4-5-29(17)16(27)31)14(10-6-11(7-10)18(21,22)23)9-2-3-13(20)12(8-9)19(24,25)26/h2-3,8,10-11,14H,4-7H2,1H3,(H2,27,31)(H,28,30)/t10?,11?,14-,17?/m1/s1. The van der Waals surface area contributed by atoms with E-state index in [2.05, 4.69) is 5.32 Å². The van der Waals surface area contributed by atoms with Crippen LogP contribution < -0.4 is 11.1 Å². The maximum atomic E-state index is 13.8. The maximum absolute atomic E-state index is 13.8. The monoisotopic (exact) mass is 455 g/mol. The van der Waals surface area contributed by atoms with Crippen molar-refractivity contribution in [3.05, 3.63) is 35.1 Å². The summed E-state index contributed by atoms with van der Waals surface area (Å²) in [7, 11) is 0. The lowest BCUT2D eigenvalue weighted by atomic mass is 9.59. The molecule has 0 spiro atoms. The van der Waals surface area contributed by atoms with Crippen LogP contribution in [0.4, 0.5) is 35.5 Å². The molecule has 0 bridgehead atoms. The first-order chi connectivity index (χ1) is 14.2. The lowest BCUT2D eigenvalue weighted by molar-refractivity contribution is -0.209. The van der Waals surface area contributed by atoms with E-state index in [0.29, 0.717) is 12.1 Å². The van der Waals surface area contributed by atoms with Crippen LogP contribution in [0.3, 0.4) is 0 Å².